The number of rotatable bonds is 5. The number of hydrogen-bond acceptors (Lipinski definition) is 4. The first kappa shape index (κ1) is 16.2. The van der Waals surface area contributed by atoms with Crippen LogP contribution in [-0.2, 0) is 0 Å². The molecule has 0 saturated heterocycles. The molecule has 1 aromatic heterocycles. The first-order valence-electron chi connectivity index (χ1n) is 7.28. The van der Waals surface area contributed by atoms with Gasteiger partial charge >= 0.3 is 0 Å². The molecule has 0 bridgehead atoms. The van der Waals surface area contributed by atoms with Crippen LogP contribution in [0.3, 0.4) is 0 Å². The first-order valence-corrected chi connectivity index (χ1v) is 7.28. The van der Waals surface area contributed by atoms with E-state index in [1.807, 2.05) is 6.07 Å². The van der Waals surface area contributed by atoms with Crippen LogP contribution in [0, 0.1) is 5.41 Å². The first-order chi connectivity index (χ1) is 10.3. The second-order valence-corrected chi connectivity index (χ2v) is 6.53. The van der Waals surface area contributed by atoms with E-state index in [0.29, 0.717) is 12.0 Å². The Bertz CT molecular complexity index is 617. The molecule has 0 spiro atoms. The number of hydrogen-bond donors (Lipinski definition) is 2. The Kier molecular flexibility index (Phi) is 4.92. The van der Waals surface area contributed by atoms with Gasteiger partial charge in [0.25, 0.3) is 5.91 Å². The number of carbonyl (C=O) groups is 1. The molecule has 1 heterocycles. The van der Waals surface area contributed by atoms with E-state index in [-0.39, 0.29) is 17.9 Å². The SMILES string of the molecule is CC(C)(C)C[C@@H](O)CNC(=O)c1cccc(-n2ccnn2)c1. The third kappa shape index (κ3) is 4.66. The number of aliphatic hydroxyl groups excluding tert-OH is 1. The minimum Gasteiger partial charge on any atom is -0.391 e. The maximum Gasteiger partial charge on any atom is 0.251 e. The van der Waals surface area contributed by atoms with Crippen molar-refractivity contribution >= 4 is 5.91 Å². The van der Waals surface area contributed by atoms with Gasteiger partial charge < -0.3 is 10.4 Å². The molecule has 2 N–H and O–H groups in total. The Morgan fingerprint density at radius 1 is 1.41 bits per heavy atom. The number of amides is 1. The van der Waals surface area contributed by atoms with Crippen molar-refractivity contribution < 1.29 is 9.90 Å². The predicted octanol–water partition coefficient (Wildman–Crippen LogP) is 1.79. The Morgan fingerprint density at radius 3 is 2.82 bits per heavy atom. The lowest BCUT2D eigenvalue weighted by molar-refractivity contribution is 0.0868. The van der Waals surface area contributed by atoms with Crippen LogP contribution in [0.25, 0.3) is 5.69 Å². The number of nitrogens with zero attached hydrogens (tertiary/aromatic N) is 3. The van der Waals surface area contributed by atoms with E-state index in [9.17, 15) is 9.90 Å². The van der Waals surface area contributed by atoms with Gasteiger partial charge in [-0.05, 0) is 30.0 Å². The molecular weight excluding hydrogens is 280 g/mol. The number of carbonyl (C=O) groups excluding carboxylic acids is 1. The molecule has 118 valence electrons. The molecule has 0 aliphatic heterocycles. The zero-order chi connectivity index (χ0) is 16.2. The highest BCUT2D eigenvalue weighted by atomic mass is 16.3. The van der Waals surface area contributed by atoms with Crippen molar-refractivity contribution in [2.24, 2.45) is 5.41 Å². The van der Waals surface area contributed by atoms with Gasteiger partial charge in [0.1, 0.15) is 0 Å². The molecule has 0 radical (unpaired) electrons. The van der Waals surface area contributed by atoms with E-state index < -0.39 is 6.10 Å². The van der Waals surface area contributed by atoms with Crippen molar-refractivity contribution in [3.8, 4) is 5.69 Å². The summed E-state index contributed by atoms with van der Waals surface area (Å²) in [6.45, 7) is 6.41. The lowest BCUT2D eigenvalue weighted by Gasteiger charge is -2.22. The Balaban J connectivity index is 1.97. The van der Waals surface area contributed by atoms with E-state index in [4.69, 9.17) is 0 Å². The summed E-state index contributed by atoms with van der Waals surface area (Å²) in [4.78, 5) is 12.2. The van der Waals surface area contributed by atoms with E-state index in [0.717, 1.165) is 5.69 Å². The summed E-state index contributed by atoms with van der Waals surface area (Å²) in [5.74, 6) is -0.213. The van der Waals surface area contributed by atoms with Crippen molar-refractivity contribution in [2.75, 3.05) is 6.54 Å². The molecule has 0 aliphatic rings. The molecule has 22 heavy (non-hydrogen) atoms. The third-order valence-electron chi connectivity index (χ3n) is 3.14. The van der Waals surface area contributed by atoms with Crippen LogP contribution >= 0.6 is 0 Å². The van der Waals surface area contributed by atoms with Crippen LogP contribution in [0.2, 0.25) is 0 Å². The molecule has 1 amide bonds. The topological polar surface area (TPSA) is 80.0 Å². The van der Waals surface area contributed by atoms with Crippen LogP contribution in [0.1, 0.15) is 37.6 Å². The Morgan fingerprint density at radius 2 is 2.18 bits per heavy atom. The maximum atomic E-state index is 12.2. The largest absolute Gasteiger partial charge is 0.391 e. The monoisotopic (exact) mass is 302 g/mol. The fourth-order valence-corrected chi connectivity index (χ4v) is 2.23. The molecule has 2 rings (SSSR count). The van der Waals surface area contributed by atoms with Crippen molar-refractivity contribution in [3.63, 3.8) is 0 Å². The fourth-order valence-electron chi connectivity index (χ4n) is 2.23. The van der Waals surface area contributed by atoms with Crippen molar-refractivity contribution in [1.29, 1.82) is 0 Å². The summed E-state index contributed by atoms with van der Waals surface area (Å²) < 4.78 is 1.59. The van der Waals surface area contributed by atoms with Gasteiger partial charge in [0.2, 0.25) is 0 Å². The highest BCUT2D eigenvalue weighted by Crippen LogP contribution is 2.20. The lowest BCUT2D eigenvalue weighted by Crippen LogP contribution is -2.34. The zero-order valence-electron chi connectivity index (χ0n) is 13.2. The highest BCUT2D eigenvalue weighted by Gasteiger charge is 2.17. The maximum absolute atomic E-state index is 12.2. The van der Waals surface area contributed by atoms with Crippen LogP contribution in [-0.4, -0.2) is 38.7 Å². The average molecular weight is 302 g/mol. The van der Waals surface area contributed by atoms with Gasteiger partial charge in [-0.3, -0.25) is 4.79 Å². The van der Waals surface area contributed by atoms with Crippen molar-refractivity contribution in [2.45, 2.75) is 33.3 Å². The standard InChI is InChI=1S/C16H22N4O2/c1-16(2,3)10-14(21)11-17-15(22)12-5-4-6-13(9-12)20-8-7-18-19-20/h4-9,14,21H,10-11H2,1-3H3,(H,17,22)/t14-/m1/s1. The quantitative estimate of drug-likeness (QED) is 0.882. The minimum atomic E-state index is -0.553. The molecule has 2 aromatic rings. The Hall–Kier alpha value is -2.21. The van der Waals surface area contributed by atoms with Gasteiger partial charge in [-0.2, -0.15) is 0 Å². The van der Waals surface area contributed by atoms with Crippen LogP contribution in [0.4, 0.5) is 0 Å². The molecule has 0 fully saturated rings. The minimum absolute atomic E-state index is 0.0250. The van der Waals surface area contributed by atoms with E-state index >= 15 is 0 Å². The summed E-state index contributed by atoms with van der Waals surface area (Å²) >= 11 is 0. The van der Waals surface area contributed by atoms with E-state index in [2.05, 4.69) is 36.4 Å². The molecule has 0 unspecified atom stereocenters. The van der Waals surface area contributed by atoms with Gasteiger partial charge in [-0.15, -0.1) is 5.10 Å². The number of nitrogens with one attached hydrogen (secondary N) is 1. The van der Waals surface area contributed by atoms with Crippen LogP contribution in [0.5, 0.6) is 0 Å². The van der Waals surface area contributed by atoms with Gasteiger partial charge in [0, 0.05) is 12.1 Å². The van der Waals surface area contributed by atoms with Crippen molar-refractivity contribution in [1.82, 2.24) is 20.3 Å². The molecule has 6 heteroatoms. The van der Waals surface area contributed by atoms with Gasteiger partial charge in [-0.25, -0.2) is 4.68 Å². The van der Waals surface area contributed by atoms with E-state index in [1.165, 1.54) is 0 Å². The molecular formula is C16H22N4O2. The fraction of sp³-hybridized carbons (Fsp3) is 0.438. The summed E-state index contributed by atoms with van der Waals surface area (Å²) in [5, 5.41) is 20.4. The second-order valence-electron chi connectivity index (χ2n) is 6.53. The molecule has 1 atom stereocenters. The molecule has 1 aromatic carbocycles. The van der Waals surface area contributed by atoms with Gasteiger partial charge in [0.15, 0.2) is 0 Å². The predicted molar refractivity (Wildman–Crippen MR) is 83.8 cm³/mol. The molecule has 6 nitrogen and oxygen atoms in total. The van der Waals surface area contributed by atoms with Crippen molar-refractivity contribution in [3.05, 3.63) is 42.2 Å². The Labute approximate surface area is 130 Å². The smallest absolute Gasteiger partial charge is 0.251 e. The number of aromatic nitrogens is 3. The summed E-state index contributed by atoms with van der Waals surface area (Å²) in [6.07, 6.45) is 3.37. The summed E-state index contributed by atoms with van der Waals surface area (Å²) in [6, 6.07) is 7.10. The van der Waals surface area contributed by atoms with Crippen LogP contribution < -0.4 is 5.32 Å². The van der Waals surface area contributed by atoms with E-state index in [1.54, 1.807) is 35.3 Å². The highest BCUT2D eigenvalue weighted by molar-refractivity contribution is 5.94. The third-order valence-corrected chi connectivity index (χ3v) is 3.14. The summed E-state index contributed by atoms with van der Waals surface area (Å²) in [7, 11) is 0. The normalized spacial score (nSPS) is 12.9. The zero-order valence-corrected chi connectivity index (χ0v) is 13.2. The van der Waals surface area contributed by atoms with Crippen LogP contribution in [0.15, 0.2) is 36.7 Å². The molecule has 0 aliphatic carbocycles. The average Bonchev–Trinajstić information content (AvgIpc) is 2.97. The summed E-state index contributed by atoms with van der Waals surface area (Å²) in [5.41, 5.74) is 1.31. The number of benzene rings is 1. The van der Waals surface area contributed by atoms with Gasteiger partial charge in [-0.1, -0.05) is 32.1 Å². The lowest BCUT2D eigenvalue weighted by atomic mass is 9.89. The number of aliphatic hydroxyl groups is 1. The molecule has 0 saturated carbocycles. The second kappa shape index (κ2) is 6.70. The van der Waals surface area contributed by atoms with Gasteiger partial charge in [0.05, 0.1) is 24.2 Å².